The highest BCUT2D eigenvalue weighted by Gasteiger charge is 2.23. The molecule has 0 bridgehead atoms. The fraction of sp³-hybridized carbons (Fsp3) is 0.444. The molecule has 1 aromatic rings. The molecule has 1 aromatic heterocycles. The van der Waals surface area contributed by atoms with Crippen molar-refractivity contribution in [2.24, 2.45) is 0 Å². The molecule has 0 fully saturated rings. The molecule has 0 spiro atoms. The molecule has 0 atom stereocenters. The van der Waals surface area contributed by atoms with Gasteiger partial charge in [-0.3, -0.25) is 0 Å². The van der Waals surface area contributed by atoms with Crippen LogP contribution in [-0.2, 0) is 10.0 Å². The number of nitrogens with two attached hydrogens (primary N) is 1. The molecule has 0 radical (unpaired) electrons. The number of anilines is 1. The number of pyridine rings is 1. The van der Waals surface area contributed by atoms with Crippen molar-refractivity contribution in [3.05, 3.63) is 17.3 Å². The van der Waals surface area contributed by atoms with Crippen LogP contribution in [0.25, 0.3) is 0 Å². The number of nitrogen functional groups attached to an aromatic ring is 1. The van der Waals surface area contributed by atoms with E-state index in [1.807, 2.05) is 0 Å². The van der Waals surface area contributed by atoms with Crippen LogP contribution in [0.15, 0.2) is 17.2 Å². The number of aliphatic hydroxyl groups excluding tert-OH is 1. The highest BCUT2D eigenvalue weighted by molar-refractivity contribution is 7.89. The standard InChI is InChI=1S/C9H14ClN3O3S/c1-2-13(3-4-14)17(15,16)7-5-8(10)9(11)12-6-7/h5-6,14H,2-4H2,1H3,(H2,11,12). The van der Waals surface area contributed by atoms with Gasteiger partial charge in [0.05, 0.1) is 11.6 Å². The Balaban J connectivity index is 3.15. The van der Waals surface area contributed by atoms with Crippen LogP contribution in [0, 0.1) is 0 Å². The molecule has 1 heterocycles. The van der Waals surface area contributed by atoms with Gasteiger partial charge >= 0.3 is 0 Å². The molecular formula is C9H14ClN3O3S. The average molecular weight is 280 g/mol. The van der Waals surface area contributed by atoms with Gasteiger partial charge in [-0.15, -0.1) is 0 Å². The van der Waals surface area contributed by atoms with Crippen molar-refractivity contribution < 1.29 is 13.5 Å². The molecule has 0 unspecified atom stereocenters. The average Bonchev–Trinajstić information content (AvgIpc) is 2.29. The van der Waals surface area contributed by atoms with Crippen LogP contribution in [0.2, 0.25) is 5.02 Å². The summed E-state index contributed by atoms with van der Waals surface area (Å²) < 4.78 is 25.3. The number of aliphatic hydroxyl groups is 1. The van der Waals surface area contributed by atoms with Gasteiger partial charge in [-0.25, -0.2) is 13.4 Å². The summed E-state index contributed by atoms with van der Waals surface area (Å²) in [5, 5.41) is 8.90. The zero-order valence-corrected chi connectivity index (χ0v) is 10.9. The minimum absolute atomic E-state index is 0.0286. The molecule has 0 aromatic carbocycles. The monoisotopic (exact) mass is 279 g/mol. The second-order valence-electron chi connectivity index (χ2n) is 3.26. The Morgan fingerprint density at radius 2 is 2.24 bits per heavy atom. The molecular weight excluding hydrogens is 266 g/mol. The summed E-state index contributed by atoms with van der Waals surface area (Å²) in [6, 6.07) is 1.25. The minimum Gasteiger partial charge on any atom is -0.395 e. The van der Waals surface area contributed by atoms with Crippen LogP contribution in [0.3, 0.4) is 0 Å². The number of nitrogens with zero attached hydrogens (tertiary/aromatic N) is 2. The van der Waals surface area contributed by atoms with Crippen LogP contribution in [-0.4, -0.2) is 42.5 Å². The molecule has 0 aliphatic rings. The lowest BCUT2D eigenvalue weighted by molar-refractivity contribution is 0.257. The van der Waals surface area contributed by atoms with Gasteiger partial charge in [0.1, 0.15) is 10.7 Å². The second kappa shape index (κ2) is 5.63. The van der Waals surface area contributed by atoms with E-state index in [-0.39, 0.29) is 35.4 Å². The van der Waals surface area contributed by atoms with E-state index in [4.69, 9.17) is 22.4 Å². The van der Waals surface area contributed by atoms with E-state index in [1.165, 1.54) is 6.07 Å². The molecule has 0 saturated carbocycles. The first-order valence-corrected chi connectivity index (χ1v) is 6.77. The van der Waals surface area contributed by atoms with Crippen LogP contribution >= 0.6 is 11.6 Å². The summed E-state index contributed by atoms with van der Waals surface area (Å²) >= 11 is 5.72. The van der Waals surface area contributed by atoms with Gasteiger partial charge in [0.2, 0.25) is 10.0 Å². The first-order chi connectivity index (χ1) is 7.93. The van der Waals surface area contributed by atoms with E-state index in [0.29, 0.717) is 0 Å². The zero-order valence-electron chi connectivity index (χ0n) is 9.30. The van der Waals surface area contributed by atoms with Gasteiger partial charge in [0.15, 0.2) is 0 Å². The number of rotatable bonds is 5. The molecule has 0 aliphatic carbocycles. The largest absolute Gasteiger partial charge is 0.395 e. The van der Waals surface area contributed by atoms with E-state index in [9.17, 15) is 8.42 Å². The number of hydrogen-bond donors (Lipinski definition) is 2. The van der Waals surface area contributed by atoms with Crippen molar-refractivity contribution in [2.75, 3.05) is 25.4 Å². The molecule has 0 saturated heterocycles. The lowest BCUT2D eigenvalue weighted by Gasteiger charge is -2.19. The normalized spacial score (nSPS) is 12.0. The van der Waals surface area contributed by atoms with E-state index < -0.39 is 10.0 Å². The maximum Gasteiger partial charge on any atom is 0.244 e. The summed E-state index contributed by atoms with van der Waals surface area (Å²) in [6.45, 7) is 1.72. The van der Waals surface area contributed by atoms with Crippen molar-refractivity contribution in [1.82, 2.24) is 9.29 Å². The van der Waals surface area contributed by atoms with Crippen molar-refractivity contribution >= 4 is 27.4 Å². The predicted molar refractivity (Wildman–Crippen MR) is 65.2 cm³/mol. The number of halogens is 1. The lowest BCUT2D eigenvalue weighted by atomic mass is 10.5. The zero-order chi connectivity index (χ0) is 13.1. The highest BCUT2D eigenvalue weighted by Crippen LogP contribution is 2.22. The third-order valence-corrected chi connectivity index (χ3v) is 4.43. The topological polar surface area (TPSA) is 96.5 Å². The minimum atomic E-state index is -3.68. The Bertz CT molecular complexity index is 492. The Labute approximate surface area is 105 Å². The smallest absolute Gasteiger partial charge is 0.244 e. The molecule has 0 aliphatic heterocycles. The molecule has 8 heteroatoms. The number of aromatic nitrogens is 1. The second-order valence-corrected chi connectivity index (χ2v) is 5.60. The number of likely N-dealkylation sites (N-methyl/N-ethyl adjacent to an activating group) is 1. The van der Waals surface area contributed by atoms with Gasteiger partial charge < -0.3 is 10.8 Å². The van der Waals surface area contributed by atoms with Crippen molar-refractivity contribution in [2.45, 2.75) is 11.8 Å². The maximum atomic E-state index is 12.1. The Hall–Kier alpha value is -0.890. The number of sulfonamides is 1. The van der Waals surface area contributed by atoms with Gasteiger partial charge in [-0.2, -0.15) is 4.31 Å². The van der Waals surface area contributed by atoms with E-state index in [0.717, 1.165) is 10.5 Å². The quantitative estimate of drug-likeness (QED) is 0.809. The Kier molecular flexibility index (Phi) is 4.70. The van der Waals surface area contributed by atoms with Crippen molar-refractivity contribution in [1.29, 1.82) is 0 Å². The molecule has 1 rings (SSSR count). The maximum absolute atomic E-state index is 12.1. The summed E-state index contributed by atoms with van der Waals surface area (Å²) in [4.78, 5) is 3.66. The highest BCUT2D eigenvalue weighted by atomic mass is 35.5. The summed E-state index contributed by atoms with van der Waals surface area (Å²) in [5.74, 6) is 0.0795. The van der Waals surface area contributed by atoms with Gasteiger partial charge in [0.25, 0.3) is 0 Å². The van der Waals surface area contributed by atoms with E-state index >= 15 is 0 Å². The predicted octanol–water partition coefficient (Wildman–Crippen LogP) is 0.320. The van der Waals surface area contributed by atoms with Crippen LogP contribution in [0.5, 0.6) is 0 Å². The lowest BCUT2D eigenvalue weighted by Crippen LogP contribution is -2.33. The first-order valence-electron chi connectivity index (χ1n) is 4.95. The molecule has 17 heavy (non-hydrogen) atoms. The van der Waals surface area contributed by atoms with E-state index in [1.54, 1.807) is 6.92 Å². The fourth-order valence-electron chi connectivity index (χ4n) is 1.28. The summed E-state index contributed by atoms with van der Waals surface area (Å²) in [7, 11) is -3.68. The Morgan fingerprint density at radius 1 is 1.59 bits per heavy atom. The molecule has 6 nitrogen and oxygen atoms in total. The Morgan fingerprint density at radius 3 is 2.71 bits per heavy atom. The number of hydrogen-bond acceptors (Lipinski definition) is 5. The SMILES string of the molecule is CCN(CCO)S(=O)(=O)c1cnc(N)c(Cl)c1. The fourth-order valence-corrected chi connectivity index (χ4v) is 2.92. The van der Waals surface area contributed by atoms with Crippen LogP contribution < -0.4 is 5.73 Å². The third-order valence-electron chi connectivity index (χ3n) is 2.18. The van der Waals surface area contributed by atoms with Gasteiger partial charge in [-0.1, -0.05) is 18.5 Å². The van der Waals surface area contributed by atoms with Gasteiger partial charge in [0, 0.05) is 19.3 Å². The summed E-state index contributed by atoms with van der Waals surface area (Å²) in [6.07, 6.45) is 1.15. The van der Waals surface area contributed by atoms with Gasteiger partial charge in [-0.05, 0) is 6.07 Å². The summed E-state index contributed by atoms with van der Waals surface area (Å²) in [5.41, 5.74) is 5.41. The van der Waals surface area contributed by atoms with Crippen LogP contribution in [0.4, 0.5) is 5.82 Å². The molecule has 3 N–H and O–H groups in total. The van der Waals surface area contributed by atoms with Crippen LogP contribution in [0.1, 0.15) is 6.92 Å². The third kappa shape index (κ3) is 3.06. The van der Waals surface area contributed by atoms with Crippen molar-refractivity contribution in [3.63, 3.8) is 0 Å². The first kappa shape index (κ1) is 14.2. The van der Waals surface area contributed by atoms with Crippen molar-refractivity contribution in [3.8, 4) is 0 Å². The molecule has 96 valence electrons. The van der Waals surface area contributed by atoms with E-state index in [2.05, 4.69) is 4.98 Å². The molecule has 0 amide bonds.